The number of carbonyl (C=O) groups is 1. The van der Waals surface area contributed by atoms with Crippen molar-refractivity contribution in [3.8, 4) is 10.8 Å². The fraction of sp³-hybridized carbons (Fsp3) is 0.556. The number of carbonyl (C=O) groups excluding carboxylic acids is 1. The Balaban J connectivity index is 1.56. The lowest BCUT2D eigenvalue weighted by Gasteiger charge is -2.37. The predicted molar refractivity (Wildman–Crippen MR) is 103 cm³/mol. The number of aromatic nitrogens is 3. The molecule has 0 aromatic carbocycles. The number of nitrogens with one attached hydrogen (secondary N) is 1. The summed E-state index contributed by atoms with van der Waals surface area (Å²) >= 11 is 1.34. The Morgan fingerprint density at radius 3 is 2.62 bits per heavy atom. The molecule has 7 nitrogen and oxygen atoms in total. The summed E-state index contributed by atoms with van der Waals surface area (Å²) in [5, 5.41) is 3.74. The smallest absolute Gasteiger partial charge is 0.263 e. The van der Waals surface area contributed by atoms with Gasteiger partial charge < -0.3 is 10.2 Å². The van der Waals surface area contributed by atoms with Crippen LogP contribution in [0.15, 0.2) is 18.5 Å². The Bertz CT molecular complexity index is 727. The Kier molecular flexibility index (Phi) is 6.29. The van der Waals surface area contributed by atoms with Crippen LogP contribution in [0, 0.1) is 6.92 Å². The van der Waals surface area contributed by atoms with Gasteiger partial charge in [0.25, 0.3) is 5.91 Å². The highest BCUT2D eigenvalue weighted by atomic mass is 32.1. The van der Waals surface area contributed by atoms with E-state index in [1.54, 1.807) is 18.5 Å². The second kappa shape index (κ2) is 8.66. The lowest BCUT2D eigenvalue weighted by Crippen LogP contribution is -2.52. The molecule has 2 aromatic heterocycles. The van der Waals surface area contributed by atoms with Gasteiger partial charge in [0.15, 0.2) is 10.8 Å². The number of hydrogen-bond acceptors (Lipinski definition) is 7. The van der Waals surface area contributed by atoms with E-state index in [0.717, 1.165) is 38.4 Å². The van der Waals surface area contributed by atoms with E-state index in [1.165, 1.54) is 11.3 Å². The number of hydrogen-bond donors (Lipinski definition) is 1. The Morgan fingerprint density at radius 2 is 1.96 bits per heavy atom. The largest absolute Gasteiger partial charge is 0.350 e. The van der Waals surface area contributed by atoms with Gasteiger partial charge in [0, 0.05) is 51.2 Å². The van der Waals surface area contributed by atoms with E-state index in [2.05, 4.69) is 43.9 Å². The minimum absolute atomic E-state index is 0.0683. The van der Waals surface area contributed by atoms with E-state index in [0.29, 0.717) is 28.3 Å². The summed E-state index contributed by atoms with van der Waals surface area (Å²) in [4.78, 5) is 31.0. The molecule has 1 amide bonds. The van der Waals surface area contributed by atoms with Crippen LogP contribution in [0.5, 0.6) is 0 Å². The Hall–Kier alpha value is -1.90. The molecule has 1 aliphatic heterocycles. The maximum atomic E-state index is 12.6. The number of amides is 1. The van der Waals surface area contributed by atoms with Crippen LogP contribution in [0.3, 0.4) is 0 Å². The number of rotatable bonds is 6. The van der Waals surface area contributed by atoms with Gasteiger partial charge in [-0.25, -0.2) is 15.0 Å². The van der Waals surface area contributed by atoms with Crippen LogP contribution in [0.2, 0.25) is 0 Å². The summed E-state index contributed by atoms with van der Waals surface area (Å²) in [7, 11) is 0. The van der Waals surface area contributed by atoms with Gasteiger partial charge in [-0.1, -0.05) is 6.92 Å². The molecule has 0 aliphatic carbocycles. The van der Waals surface area contributed by atoms with Crippen molar-refractivity contribution in [2.75, 3.05) is 39.3 Å². The first kappa shape index (κ1) is 18.9. The maximum Gasteiger partial charge on any atom is 0.263 e. The molecule has 3 rings (SSSR count). The lowest BCUT2D eigenvalue weighted by atomic mass is 10.2. The molecule has 0 saturated carbocycles. The average molecular weight is 375 g/mol. The summed E-state index contributed by atoms with van der Waals surface area (Å²) < 4.78 is 0. The van der Waals surface area contributed by atoms with Gasteiger partial charge in [0.2, 0.25) is 0 Å². The van der Waals surface area contributed by atoms with E-state index in [-0.39, 0.29) is 5.91 Å². The summed E-state index contributed by atoms with van der Waals surface area (Å²) in [6.45, 7) is 12.3. The molecular formula is C18H26N6OS. The van der Waals surface area contributed by atoms with Gasteiger partial charge in [-0.15, -0.1) is 11.3 Å². The molecular weight excluding hydrogens is 348 g/mol. The van der Waals surface area contributed by atoms with Crippen LogP contribution < -0.4 is 5.32 Å². The van der Waals surface area contributed by atoms with Crippen molar-refractivity contribution >= 4 is 17.2 Å². The third-order valence-electron chi connectivity index (χ3n) is 4.80. The highest BCUT2D eigenvalue weighted by molar-refractivity contribution is 7.17. The maximum absolute atomic E-state index is 12.6. The van der Waals surface area contributed by atoms with Crippen LogP contribution >= 0.6 is 11.3 Å². The van der Waals surface area contributed by atoms with Crippen molar-refractivity contribution in [1.29, 1.82) is 0 Å². The summed E-state index contributed by atoms with van der Waals surface area (Å²) in [6.07, 6.45) is 3.36. The second-order valence-corrected chi connectivity index (χ2v) is 7.53. The SMILES string of the molecule is CCN1CCN(C(C)CNC(=O)c2sc(-c3ncccn3)nc2C)CC1. The van der Waals surface area contributed by atoms with E-state index in [9.17, 15) is 4.79 Å². The van der Waals surface area contributed by atoms with E-state index in [4.69, 9.17) is 0 Å². The predicted octanol–water partition coefficient (Wildman–Crippen LogP) is 1.66. The first-order valence-corrected chi connectivity index (χ1v) is 9.89. The zero-order valence-corrected chi connectivity index (χ0v) is 16.4. The minimum Gasteiger partial charge on any atom is -0.350 e. The van der Waals surface area contributed by atoms with Gasteiger partial charge in [-0.2, -0.15) is 0 Å². The van der Waals surface area contributed by atoms with Gasteiger partial charge in [-0.3, -0.25) is 9.69 Å². The first-order chi connectivity index (χ1) is 12.6. The van der Waals surface area contributed by atoms with Crippen LogP contribution in [0.25, 0.3) is 10.8 Å². The number of thiazole rings is 1. The molecule has 1 atom stereocenters. The van der Waals surface area contributed by atoms with Crippen molar-refractivity contribution in [2.45, 2.75) is 26.8 Å². The van der Waals surface area contributed by atoms with Crippen LogP contribution in [0.1, 0.15) is 29.2 Å². The molecule has 1 N–H and O–H groups in total. The minimum atomic E-state index is -0.0683. The van der Waals surface area contributed by atoms with E-state index in [1.807, 2.05) is 6.92 Å². The molecule has 0 bridgehead atoms. The molecule has 1 fully saturated rings. The normalized spacial score (nSPS) is 17.2. The lowest BCUT2D eigenvalue weighted by molar-refractivity contribution is 0.0885. The number of piperazine rings is 1. The molecule has 26 heavy (non-hydrogen) atoms. The molecule has 8 heteroatoms. The first-order valence-electron chi connectivity index (χ1n) is 9.08. The fourth-order valence-corrected chi connectivity index (χ4v) is 4.01. The summed E-state index contributed by atoms with van der Waals surface area (Å²) in [5.74, 6) is 0.489. The van der Waals surface area contributed by atoms with E-state index < -0.39 is 0 Å². The Morgan fingerprint density at radius 1 is 1.27 bits per heavy atom. The quantitative estimate of drug-likeness (QED) is 0.829. The fourth-order valence-electron chi connectivity index (χ4n) is 3.08. The standard InChI is InChI=1S/C18H26N6OS/c1-4-23-8-10-24(11-9-23)13(2)12-21-17(25)15-14(3)22-18(26-15)16-19-6-5-7-20-16/h5-7,13H,4,8-12H2,1-3H3,(H,21,25). The number of nitrogens with zero attached hydrogens (tertiary/aromatic N) is 5. The summed E-state index contributed by atoms with van der Waals surface area (Å²) in [6, 6.07) is 2.09. The highest BCUT2D eigenvalue weighted by Crippen LogP contribution is 2.25. The van der Waals surface area contributed by atoms with Gasteiger partial charge in [-0.05, 0) is 26.5 Å². The molecule has 2 aromatic rings. The molecule has 140 valence electrons. The zero-order valence-electron chi connectivity index (χ0n) is 15.6. The van der Waals surface area contributed by atoms with Crippen molar-refractivity contribution in [1.82, 2.24) is 30.1 Å². The van der Waals surface area contributed by atoms with Crippen LogP contribution in [0.4, 0.5) is 0 Å². The van der Waals surface area contributed by atoms with Crippen molar-refractivity contribution < 1.29 is 4.79 Å². The second-order valence-electron chi connectivity index (χ2n) is 6.54. The van der Waals surface area contributed by atoms with Gasteiger partial charge >= 0.3 is 0 Å². The zero-order chi connectivity index (χ0) is 18.5. The molecule has 3 heterocycles. The molecule has 1 unspecified atom stereocenters. The number of aryl methyl sites for hydroxylation is 1. The van der Waals surface area contributed by atoms with Gasteiger partial charge in [0.05, 0.1) is 5.69 Å². The topological polar surface area (TPSA) is 74.2 Å². The monoisotopic (exact) mass is 374 g/mol. The third kappa shape index (κ3) is 4.44. The van der Waals surface area contributed by atoms with Crippen LogP contribution in [-0.4, -0.2) is 76.0 Å². The Labute approximate surface area is 158 Å². The highest BCUT2D eigenvalue weighted by Gasteiger charge is 2.22. The van der Waals surface area contributed by atoms with Crippen LogP contribution in [-0.2, 0) is 0 Å². The van der Waals surface area contributed by atoms with Crippen molar-refractivity contribution in [2.24, 2.45) is 0 Å². The molecule has 0 radical (unpaired) electrons. The van der Waals surface area contributed by atoms with Crippen molar-refractivity contribution in [3.63, 3.8) is 0 Å². The molecule has 1 saturated heterocycles. The third-order valence-corrected chi connectivity index (χ3v) is 5.95. The molecule has 0 spiro atoms. The van der Waals surface area contributed by atoms with Crippen molar-refractivity contribution in [3.05, 3.63) is 29.0 Å². The molecule has 1 aliphatic rings. The van der Waals surface area contributed by atoms with E-state index >= 15 is 0 Å². The van der Waals surface area contributed by atoms with Gasteiger partial charge in [0.1, 0.15) is 4.88 Å². The average Bonchev–Trinajstić information content (AvgIpc) is 3.08. The number of likely N-dealkylation sites (N-methyl/N-ethyl adjacent to an activating group) is 1. The summed E-state index contributed by atoms with van der Waals surface area (Å²) in [5.41, 5.74) is 0.721.